The van der Waals surface area contributed by atoms with Crippen LogP contribution in [0.4, 0.5) is 0 Å². The van der Waals surface area contributed by atoms with Gasteiger partial charge in [0.05, 0.1) is 12.5 Å². The highest BCUT2D eigenvalue weighted by molar-refractivity contribution is 8.00. The molecule has 0 amide bonds. The third-order valence-corrected chi connectivity index (χ3v) is 3.16. The minimum absolute atomic E-state index is 0.384. The van der Waals surface area contributed by atoms with Crippen molar-refractivity contribution in [3.63, 3.8) is 0 Å². The molecule has 1 aromatic rings. The van der Waals surface area contributed by atoms with Gasteiger partial charge in [-0.25, -0.2) is 0 Å². The Hall–Kier alpha value is -0.650. The predicted octanol–water partition coefficient (Wildman–Crippen LogP) is 3.91. The second kappa shape index (κ2) is 5.29. The smallest absolute Gasteiger partial charge is 0.0670 e. The Bertz CT molecular complexity index is 355. The van der Waals surface area contributed by atoms with Gasteiger partial charge in [0.2, 0.25) is 0 Å². The number of halogens is 1. The molecular weight excluding hydrogens is 214 g/mol. The summed E-state index contributed by atoms with van der Waals surface area (Å²) >= 11 is 7.77. The number of thioether (sulfide) groups is 1. The third kappa shape index (κ3) is 2.94. The van der Waals surface area contributed by atoms with Crippen molar-refractivity contribution < 1.29 is 0 Å². The standard InChI is InChI=1S/C11H12ClNS/c1-8(2)14-11-5-3-4-10(12)9(11)6-7-13/h3-5,8H,6H2,1-2H3. The average molecular weight is 226 g/mol. The van der Waals surface area contributed by atoms with Crippen LogP contribution in [0.3, 0.4) is 0 Å². The highest BCUT2D eigenvalue weighted by Crippen LogP contribution is 2.31. The van der Waals surface area contributed by atoms with Crippen LogP contribution in [0.25, 0.3) is 0 Å². The number of hydrogen-bond acceptors (Lipinski definition) is 2. The summed E-state index contributed by atoms with van der Waals surface area (Å²) in [4.78, 5) is 1.12. The van der Waals surface area contributed by atoms with E-state index >= 15 is 0 Å². The Balaban J connectivity index is 3.02. The number of nitrogens with zero attached hydrogens (tertiary/aromatic N) is 1. The lowest BCUT2D eigenvalue weighted by Crippen LogP contribution is -1.92. The molecule has 0 unspecified atom stereocenters. The van der Waals surface area contributed by atoms with Crippen molar-refractivity contribution in [2.75, 3.05) is 0 Å². The van der Waals surface area contributed by atoms with Crippen LogP contribution < -0.4 is 0 Å². The van der Waals surface area contributed by atoms with Gasteiger partial charge in [0.25, 0.3) is 0 Å². The molecule has 0 atom stereocenters. The molecule has 0 aliphatic heterocycles. The van der Waals surface area contributed by atoms with E-state index in [0.29, 0.717) is 16.7 Å². The highest BCUT2D eigenvalue weighted by atomic mass is 35.5. The summed E-state index contributed by atoms with van der Waals surface area (Å²) in [7, 11) is 0. The van der Waals surface area contributed by atoms with Crippen LogP contribution >= 0.6 is 23.4 Å². The molecule has 1 rings (SSSR count). The molecule has 0 spiro atoms. The van der Waals surface area contributed by atoms with Gasteiger partial charge in [-0.2, -0.15) is 5.26 Å². The summed E-state index contributed by atoms with van der Waals surface area (Å²) in [5.41, 5.74) is 0.954. The topological polar surface area (TPSA) is 23.8 Å². The van der Waals surface area contributed by atoms with Gasteiger partial charge in [0.15, 0.2) is 0 Å². The van der Waals surface area contributed by atoms with E-state index in [9.17, 15) is 0 Å². The molecule has 0 fully saturated rings. The quantitative estimate of drug-likeness (QED) is 0.729. The van der Waals surface area contributed by atoms with Crippen molar-refractivity contribution >= 4 is 23.4 Å². The lowest BCUT2D eigenvalue weighted by atomic mass is 10.2. The normalized spacial score (nSPS) is 10.2. The van der Waals surface area contributed by atoms with E-state index in [2.05, 4.69) is 19.9 Å². The molecule has 0 saturated heterocycles. The summed E-state index contributed by atoms with van der Waals surface area (Å²) in [5.74, 6) is 0. The molecule has 1 nitrogen and oxygen atoms in total. The minimum atomic E-state index is 0.384. The summed E-state index contributed by atoms with van der Waals surface area (Å²) in [5, 5.41) is 9.88. The van der Waals surface area contributed by atoms with Gasteiger partial charge < -0.3 is 0 Å². The van der Waals surface area contributed by atoms with E-state index in [-0.39, 0.29) is 0 Å². The zero-order valence-corrected chi connectivity index (χ0v) is 9.82. The Morgan fingerprint density at radius 3 is 2.79 bits per heavy atom. The minimum Gasteiger partial charge on any atom is -0.198 e. The largest absolute Gasteiger partial charge is 0.198 e. The van der Waals surface area contributed by atoms with Crippen molar-refractivity contribution in [3.05, 3.63) is 28.8 Å². The van der Waals surface area contributed by atoms with Crippen molar-refractivity contribution in [1.82, 2.24) is 0 Å². The maximum Gasteiger partial charge on any atom is 0.0670 e. The van der Waals surface area contributed by atoms with Gasteiger partial charge in [-0.1, -0.05) is 31.5 Å². The van der Waals surface area contributed by atoms with Crippen molar-refractivity contribution in [2.24, 2.45) is 0 Å². The lowest BCUT2D eigenvalue weighted by Gasteiger charge is -2.10. The zero-order chi connectivity index (χ0) is 10.6. The highest BCUT2D eigenvalue weighted by Gasteiger charge is 2.08. The predicted molar refractivity (Wildman–Crippen MR) is 61.8 cm³/mol. The van der Waals surface area contributed by atoms with Gasteiger partial charge >= 0.3 is 0 Å². The monoisotopic (exact) mass is 225 g/mol. The summed E-state index contributed by atoms with van der Waals surface area (Å²) in [6, 6.07) is 7.91. The number of benzene rings is 1. The van der Waals surface area contributed by atoms with Gasteiger partial charge in [0, 0.05) is 15.2 Å². The summed E-state index contributed by atoms with van der Waals surface area (Å²) in [6.45, 7) is 4.25. The molecule has 0 aliphatic carbocycles. The van der Waals surface area contributed by atoms with Crippen LogP contribution in [-0.2, 0) is 6.42 Å². The van der Waals surface area contributed by atoms with Crippen molar-refractivity contribution in [2.45, 2.75) is 30.4 Å². The van der Waals surface area contributed by atoms with E-state index in [4.69, 9.17) is 16.9 Å². The van der Waals surface area contributed by atoms with E-state index in [1.807, 2.05) is 18.2 Å². The van der Waals surface area contributed by atoms with E-state index in [1.165, 1.54) is 0 Å². The summed E-state index contributed by atoms with van der Waals surface area (Å²) < 4.78 is 0. The SMILES string of the molecule is CC(C)Sc1cccc(Cl)c1CC#N. The second-order valence-corrected chi connectivity index (χ2v) is 5.24. The third-order valence-electron chi connectivity index (χ3n) is 1.69. The fourth-order valence-corrected chi connectivity index (χ4v) is 2.44. The Morgan fingerprint density at radius 2 is 2.21 bits per heavy atom. The number of rotatable bonds is 3. The molecule has 0 heterocycles. The second-order valence-electron chi connectivity index (χ2n) is 3.22. The molecule has 1 aromatic carbocycles. The van der Waals surface area contributed by atoms with E-state index < -0.39 is 0 Å². The first-order chi connectivity index (χ1) is 6.65. The molecule has 0 saturated carbocycles. The molecule has 14 heavy (non-hydrogen) atoms. The van der Waals surface area contributed by atoms with Crippen LogP contribution in [0.2, 0.25) is 5.02 Å². The Kier molecular flexibility index (Phi) is 4.31. The Morgan fingerprint density at radius 1 is 1.50 bits per heavy atom. The van der Waals surface area contributed by atoms with Crippen molar-refractivity contribution in [3.8, 4) is 6.07 Å². The van der Waals surface area contributed by atoms with E-state index in [0.717, 1.165) is 10.5 Å². The van der Waals surface area contributed by atoms with Crippen LogP contribution in [0.1, 0.15) is 19.4 Å². The van der Waals surface area contributed by atoms with Gasteiger partial charge in [-0.3, -0.25) is 0 Å². The molecule has 0 bridgehead atoms. The average Bonchev–Trinajstić information content (AvgIpc) is 2.10. The zero-order valence-electron chi connectivity index (χ0n) is 8.25. The van der Waals surface area contributed by atoms with E-state index in [1.54, 1.807) is 11.8 Å². The molecule has 0 N–H and O–H groups in total. The van der Waals surface area contributed by atoms with Crippen LogP contribution in [0.15, 0.2) is 23.1 Å². The molecule has 0 radical (unpaired) electrons. The first-order valence-electron chi connectivity index (χ1n) is 4.46. The molecule has 74 valence electrons. The first kappa shape index (κ1) is 11.4. The molecule has 0 aromatic heterocycles. The van der Waals surface area contributed by atoms with Gasteiger partial charge in [-0.05, 0) is 17.7 Å². The van der Waals surface area contributed by atoms with Crippen LogP contribution in [-0.4, -0.2) is 5.25 Å². The molecular formula is C11H12ClNS. The Labute approximate surface area is 94.1 Å². The molecule has 0 aliphatic rings. The van der Waals surface area contributed by atoms with Crippen molar-refractivity contribution in [1.29, 1.82) is 5.26 Å². The maximum absolute atomic E-state index is 8.68. The van der Waals surface area contributed by atoms with Gasteiger partial charge in [0.1, 0.15) is 0 Å². The van der Waals surface area contributed by atoms with Crippen LogP contribution in [0, 0.1) is 11.3 Å². The lowest BCUT2D eigenvalue weighted by molar-refractivity contribution is 1.10. The summed E-state index contributed by atoms with van der Waals surface area (Å²) in [6.07, 6.45) is 0.384. The maximum atomic E-state index is 8.68. The number of hydrogen-bond donors (Lipinski definition) is 0. The molecule has 3 heteroatoms. The fraction of sp³-hybridized carbons (Fsp3) is 0.364. The fourth-order valence-electron chi connectivity index (χ4n) is 1.15. The van der Waals surface area contributed by atoms with Crippen LogP contribution in [0.5, 0.6) is 0 Å². The first-order valence-corrected chi connectivity index (χ1v) is 5.72. The number of nitriles is 1. The van der Waals surface area contributed by atoms with Gasteiger partial charge in [-0.15, -0.1) is 11.8 Å².